The Bertz CT molecular complexity index is 200. The normalized spacial score (nSPS) is 10.2. The smallest absolute Gasteiger partial charge is 0.232 e. The lowest BCUT2D eigenvalue weighted by Gasteiger charge is -1.89. The minimum atomic E-state index is 0.0482. The molecule has 0 aromatic carbocycles. The number of methoxy groups -OCH3 is 1. The van der Waals surface area contributed by atoms with Gasteiger partial charge in [-0.3, -0.25) is 0 Å². The van der Waals surface area contributed by atoms with Crippen molar-refractivity contribution in [3.05, 3.63) is 11.5 Å². The predicted octanol–water partition coefficient (Wildman–Crippen LogP) is 0.570. The van der Waals surface area contributed by atoms with Gasteiger partial charge in [0.2, 0.25) is 5.88 Å². The number of hydrogen-bond acceptors (Lipinski definition) is 3. The highest BCUT2D eigenvalue weighted by molar-refractivity contribution is 5.16. The van der Waals surface area contributed by atoms with Crippen LogP contribution in [0.3, 0.4) is 0 Å². The van der Waals surface area contributed by atoms with Gasteiger partial charge < -0.3 is 14.8 Å². The molecule has 10 heavy (non-hydrogen) atoms. The molecule has 1 aromatic rings. The highest BCUT2D eigenvalue weighted by Gasteiger charge is 2.02. The molecule has 0 unspecified atom stereocenters. The minimum absolute atomic E-state index is 0.0482. The van der Waals surface area contributed by atoms with Gasteiger partial charge in [-0.2, -0.15) is 4.98 Å². The lowest BCUT2D eigenvalue weighted by atomic mass is 10.5. The summed E-state index contributed by atoms with van der Waals surface area (Å²) in [5.74, 6) is 0.699. The van der Waals surface area contributed by atoms with Gasteiger partial charge in [-0.15, -0.1) is 0 Å². The van der Waals surface area contributed by atoms with E-state index in [0.717, 1.165) is 0 Å². The number of imidazole rings is 1. The maximum absolute atomic E-state index is 8.97. The zero-order valence-electron chi connectivity index (χ0n) is 6.01. The molecule has 1 aromatic heterocycles. The Labute approximate surface area is 58.9 Å². The summed E-state index contributed by atoms with van der Waals surface area (Å²) in [5, 5.41) is 8.97. The van der Waals surface area contributed by atoms with E-state index in [1.54, 1.807) is 14.0 Å². The van der Waals surface area contributed by atoms with Gasteiger partial charge in [0.15, 0.2) is 0 Å². The Hall–Kier alpha value is -1.03. The number of aromatic nitrogens is 2. The standard InChI is InChI=1S/C6H10N2O2/c1-4-6(9)8-5(7-4)3-10-2/h9H,3H2,1-2H3,(H,7,8). The number of hydrogen-bond donors (Lipinski definition) is 2. The molecule has 0 bridgehead atoms. The van der Waals surface area contributed by atoms with E-state index in [1.165, 1.54) is 0 Å². The number of rotatable bonds is 2. The maximum atomic E-state index is 8.97. The molecule has 0 atom stereocenters. The fraction of sp³-hybridized carbons (Fsp3) is 0.500. The van der Waals surface area contributed by atoms with Crippen molar-refractivity contribution >= 4 is 0 Å². The molecule has 1 heterocycles. The van der Waals surface area contributed by atoms with Gasteiger partial charge >= 0.3 is 0 Å². The second-order valence-corrected chi connectivity index (χ2v) is 2.07. The molecule has 0 fully saturated rings. The summed E-state index contributed by atoms with van der Waals surface area (Å²) in [6, 6.07) is 0. The Morgan fingerprint density at radius 2 is 2.40 bits per heavy atom. The summed E-state index contributed by atoms with van der Waals surface area (Å²) >= 11 is 0. The van der Waals surface area contributed by atoms with Crippen LogP contribution in [0.4, 0.5) is 0 Å². The number of ether oxygens (including phenoxy) is 1. The van der Waals surface area contributed by atoms with Gasteiger partial charge in [0.05, 0.1) is 5.69 Å². The van der Waals surface area contributed by atoms with Gasteiger partial charge in [0.25, 0.3) is 0 Å². The zero-order chi connectivity index (χ0) is 7.56. The summed E-state index contributed by atoms with van der Waals surface area (Å²) in [5.41, 5.74) is 0.673. The van der Waals surface area contributed by atoms with Crippen LogP contribution in [0.2, 0.25) is 0 Å². The maximum Gasteiger partial charge on any atom is 0.232 e. The van der Waals surface area contributed by atoms with E-state index in [4.69, 9.17) is 9.84 Å². The Morgan fingerprint density at radius 1 is 1.70 bits per heavy atom. The van der Waals surface area contributed by atoms with Crippen LogP contribution in [0, 0.1) is 6.92 Å². The first-order chi connectivity index (χ1) is 4.74. The second kappa shape index (κ2) is 2.70. The van der Waals surface area contributed by atoms with Crippen LogP contribution in [0.15, 0.2) is 0 Å². The van der Waals surface area contributed by atoms with E-state index in [1.807, 2.05) is 0 Å². The van der Waals surface area contributed by atoms with Crippen LogP contribution in [-0.2, 0) is 11.3 Å². The summed E-state index contributed by atoms with van der Waals surface area (Å²) in [4.78, 5) is 6.63. The van der Waals surface area contributed by atoms with Crippen molar-refractivity contribution in [2.45, 2.75) is 13.5 Å². The number of aromatic hydroxyl groups is 1. The van der Waals surface area contributed by atoms with Crippen molar-refractivity contribution in [1.29, 1.82) is 0 Å². The van der Waals surface area contributed by atoms with Gasteiger partial charge in [0.1, 0.15) is 12.4 Å². The molecule has 0 saturated heterocycles. The first-order valence-electron chi connectivity index (χ1n) is 2.97. The van der Waals surface area contributed by atoms with Crippen molar-refractivity contribution in [1.82, 2.24) is 9.97 Å². The molecular formula is C6H10N2O2. The fourth-order valence-electron chi connectivity index (χ4n) is 0.717. The molecule has 1 rings (SSSR count). The largest absolute Gasteiger partial charge is 0.492 e. The van der Waals surface area contributed by atoms with E-state index >= 15 is 0 Å². The molecule has 4 nitrogen and oxygen atoms in total. The lowest BCUT2D eigenvalue weighted by Crippen LogP contribution is -1.88. The highest BCUT2D eigenvalue weighted by atomic mass is 16.5. The number of aromatic amines is 1. The van der Waals surface area contributed by atoms with Crippen LogP contribution >= 0.6 is 0 Å². The molecule has 0 radical (unpaired) electrons. The average molecular weight is 142 g/mol. The molecule has 56 valence electrons. The Kier molecular flexibility index (Phi) is 1.91. The minimum Gasteiger partial charge on any atom is -0.492 e. The van der Waals surface area contributed by atoms with E-state index in [2.05, 4.69) is 9.97 Å². The van der Waals surface area contributed by atoms with E-state index in [0.29, 0.717) is 18.1 Å². The summed E-state index contributed by atoms with van der Waals surface area (Å²) in [7, 11) is 1.58. The van der Waals surface area contributed by atoms with E-state index < -0.39 is 0 Å². The Morgan fingerprint density at radius 3 is 2.80 bits per heavy atom. The average Bonchev–Trinajstić information content (AvgIpc) is 2.14. The van der Waals surface area contributed by atoms with E-state index in [-0.39, 0.29) is 5.88 Å². The van der Waals surface area contributed by atoms with Gasteiger partial charge in [0, 0.05) is 7.11 Å². The van der Waals surface area contributed by atoms with Crippen molar-refractivity contribution in [3.8, 4) is 5.88 Å². The van der Waals surface area contributed by atoms with Crippen LogP contribution in [0.1, 0.15) is 11.5 Å². The number of H-pyrrole nitrogens is 1. The van der Waals surface area contributed by atoms with Crippen molar-refractivity contribution < 1.29 is 9.84 Å². The van der Waals surface area contributed by atoms with Crippen molar-refractivity contribution in [3.63, 3.8) is 0 Å². The van der Waals surface area contributed by atoms with Crippen molar-refractivity contribution in [2.24, 2.45) is 0 Å². The Balaban J connectivity index is 2.77. The third-order valence-corrected chi connectivity index (χ3v) is 1.19. The van der Waals surface area contributed by atoms with Crippen LogP contribution in [0.5, 0.6) is 5.88 Å². The van der Waals surface area contributed by atoms with Gasteiger partial charge in [-0.25, -0.2) is 0 Å². The molecular weight excluding hydrogens is 132 g/mol. The molecule has 0 aliphatic rings. The summed E-state index contributed by atoms with van der Waals surface area (Å²) in [6.07, 6.45) is 0. The van der Waals surface area contributed by atoms with Gasteiger partial charge in [-0.1, -0.05) is 0 Å². The van der Waals surface area contributed by atoms with Gasteiger partial charge in [-0.05, 0) is 6.92 Å². The molecule has 4 heteroatoms. The number of aryl methyl sites for hydroxylation is 1. The lowest BCUT2D eigenvalue weighted by molar-refractivity contribution is 0.178. The second-order valence-electron chi connectivity index (χ2n) is 2.07. The number of nitrogens with one attached hydrogen (secondary N) is 1. The third-order valence-electron chi connectivity index (χ3n) is 1.19. The predicted molar refractivity (Wildman–Crippen MR) is 35.7 cm³/mol. The quantitative estimate of drug-likeness (QED) is 0.634. The molecule has 0 amide bonds. The monoisotopic (exact) mass is 142 g/mol. The highest BCUT2D eigenvalue weighted by Crippen LogP contribution is 2.10. The SMILES string of the molecule is COCc1nc(O)c(C)[nH]1. The molecule has 2 N–H and O–H groups in total. The zero-order valence-corrected chi connectivity index (χ0v) is 6.01. The molecule has 0 aliphatic heterocycles. The molecule has 0 spiro atoms. The summed E-state index contributed by atoms with van der Waals surface area (Å²) in [6.45, 7) is 2.16. The summed E-state index contributed by atoms with van der Waals surface area (Å²) < 4.78 is 4.79. The van der Waals surface area contributed by atoms with Crippen LogP contribution in [-0.4, -0.2) is 22.2 Å². The van der Waals surface area contributed by atoms with Crippen LogP contribution < -0.4 is 0 Å². The molecule has 0 aliphatic carbocycles. The topological polar surface area (TPSA) is 58.1 Å². The third kappa shape index (κ3) is 1.27. The first-order valence-corrected chi connectivity index (χ1v) is 2.97. The first kappa shape index (κ1) is 7.08. The van der Waals surface area contributed by atoms with Crippen molar-refractivity contribution in [2.75, 3.05) is 7.11 Å². The number of nitrogens with zero attached hydrogens (tertiary/aromatic N) is 1. The molecule has 0 saturated carbocycles. The van der Waals surface area contributed by atoms with E-state index in [9.17, 15) is 0 Å². The fourth-order valence-corrected chi connectivity index (χ4v) is 0.717. The van der Waals surface area contributed by atoms with Crippen LogP contribution in [0.25, 0.3) is 0 Å².